The van der Waals surface area contributed by atoms with Crippen molar-refractivity contribution >= 4 is 45.1 Å². The third-order valence-electron chi connectivity index (χ3n) is 3.72. The van der Waals surface area contributed by atoms with Crippen molar-refractivity contribution in [2.45, 2.75) is 24.3 Å². The molecule has 0 saturated heterocycles. The van der Waals surface area contributed by atoms with E-state index in [0.717, 1.165) is 10.2 Å². The molecule has 1 aromatic heterocycles. The average Bonchev–Trinajstić information content (AvgIpc) is 3.10. The molecule has 0 bridgehead atoms. The van der Waals surface area contributed by atoms with Gasteiger partial charge in [-0.2, -0.15) is 4.68 Å². The Kier molecular flexibility index (Phi) is 6.02. The Balaban J connectivity index is 1.67. The largest absolute Gasteiger partial charge is 0.325 e. The fourth-order valence-corrected chi connectivity index (χ4v) is 3.31. The maximum atomic E-state index is 12.5. The number of nitrogens with one attached hydrogen (secondary N) is 1. The topological polar surface area (TPSA) is 89.8 Å². The van der Waals surface area contributed by atoms with Crippen LogP contribution in [-0.4, -0.2) is 37.1 Å². The van der Waals surface area contributed by atoms with Crippen LogP contribution in [0.25, 0.3) is 5.69 Å². The lowest BCUT2D eigenvalue weighted by Crippen LogP contribution is -2.23. The van der Waals surface area contributed by atoms with Gasteiger partial charge in [-0.3, -0.25) is 9.59 Å². The summed E-state index contributed by atoms with van der Waals surface area (Å²) in [5.41, 5.74) is 2.03. The molecule has 3 rings (SSSR count). The van der Waals surface area contributed by atoms with Gasteiger partial charge in [-0.15, -0.1) is 5.10 Å². The van der Waals surface area contributed by atoms with Gasteiger partial charge < -0.3 is 5.32 Å². The molecule has 1 N–H and O–H groups in total. The van der Waals surface area contributed by atoms with Gasteiger partial charge in [0.2, 0.25) is 11.1 Å². The van der Waals surface area contributed by atoms with E-state index in [1.807, 2.05) is 24.3 Å². The van der Waals surface area contributed by atoms with Gasteiger partial charge in [0.05, 0.1) is 10.9 Å². The predicted molar refractivity (Wildman–Crippen MR) is 107 cm³/mol. The summed E-state index contributed by atoms with van der Waals surface area (Å²) >= 11 is 4.65. The van der Waals surface area contributed by atoms with Crippen LogP contribution in [0.5, 0.6) is 0 Å². The zero-order valence-electron chi connectivity index (χ0n) is 14.6. The highest BCUT2D eigenvalue weighted by atomic mass is 79.9. The van der Waals surface area contributed by atoms with E-state index in [9.17, 15) is 9.59 Å². The van der Waals surface area contributed by atoms with Gasteiger partial charge in [0.25, 0.3) is 0 Å². The minimum Gasteiger partial charge on any atom is -0.325 e. The number of anilines is 1. The highest BCUT2D eigenvalue weighted by Crippen LogP contribution is 2.24. The molecule has 0 saturated carbocycles. The molecule has 0 radical (unpaired) electrons. The van der Waals surface area contributed by atoms with Crippen LogP contribution < -0.4 is 5.32 Å². The molecule has 0 aliphatic rings. The smallest absolute Gasteiger partial charge is 0.237 e. The van der Waals surface area contributed by atoms with Gasteiger partial charge in [-0.05, 0) is 72.8 Å². The van der Waals surface area contributed by atoms with E-state index < -0.39 is 5.25 Å². The number of Topliss-reactive ketones (excluding diaryl/α,β-unsaturated/α-hetero) is 1. The number of nitrogens with zero attached hydrogens (tertiary/aromatic N) is 4. The lowest BCUT2D eigenvalue weighted by molar-refractivity contribution is -0.115. The number of carbonyl (C=O) groups excluding carboxylic acids is 2. The normalized spacial score (nSPS) is 11.8. The Hall–Kier alpha value is -2.52. The second kappa shape index (κ2) is 8.45. The second-order valence-electron chi connectivity index (χ2n) is 5.73. The molecule has 138 valence electrons. The lowest BCUT2D eigenvalue weighted by Gasteiger charge is -2.12. The second-order valence-corrected chi connectivity index (χ2v) is 7.96. The van der Waals surface area contributed by atoms with Gasteiger partial charge in [0, 0.05) is 15.7 Å². The van der Waals surface area contributed by atoms with Crippen LogP contribution in [0.15, 0.2) is 58.2 Å². The zero-order chi connectivity index (χ0) is 19.4. The van der Waals surface area contributed by atoms with E-state index >= 15 is 0 Å². The molecule has 9 heteroatoms. The molecule has 1 amide bonds. The van der Waals surface area contributed by atoms with Crippen LogP contribution >= 0.6 is 27.7 Å². The number of halogens is 1. The summed E-state index contributed by atoms with van der Waals surface area (Å²) in [6.45, 7) is 3.28. The lowest BCUT2D eigenvalue weighted by atomic mass is 10.1. The van der Waals surface area contributed by atoms with Crippen LogP contribution in [0.2, 0.25) is 0 Å². The first-order valence-corrected chi connectivity index (χ1v) is 9.74. The van der Waals surface area contributed by atoms with E-state index in [1.54, 1.807) is 35.9 Å². The molecule has 3 aromatic rings. The third-order valence-corrected chi connectivity index (χ3v) is 5.28. The number of tetrazole rings is 1. The molecule has 0 aliphatic heterocycles. The maximum absolute atomic E-state index is 12.5. The Morgan fingerprint density at radius 2 is 1.78 bits per heavy atom. The number of aromatic nitrogens is 4. The van der Waals surface area contributed by atoms with Gasteiger partial charge in [-0.25, -0.2) is 0 Å². The highest BCUT2D eigenvalue weighted by molar-refractivity contribution is 9.10. The number of ketones is 1. The van der Waals surface area contributed by atoms with Crippen molar-refractivity contribution < 1.29 is 9.59 Å². The van der Waals surface area contributed by atoms with Crippen molar-refractivity contribution in [2.24, 2.45) is 0 Å². The minimum absolute atomic E-state index is 0.0171. The van der Waals surface area contributed by atoms with Gasteiger partial charge in [-0.1, -0.05) is 27.7 Å². The number of hydrogen-bond donors (Lipinski definition) is 1. The SMILES string of the molecule is CC(=O)c1ccc(NC(=O)C(C)Sc2nnnn2-c2ccc(Br)cc2)cc1. The van der Waals surface area contributed by atoms with E-state index in [2.05, 4.69) is 36.8 Å². The summed E-state index contributed by atoms with van der Waals surface area (Å²) in [7, 11) is 0. The number of hydrogen-bond acceptors (Lipinski definition) is 6. The molecule has 7 nitrogen and oxygen atoms in total. The summed E-state index contributed by atoms with van der Waals surface area (Å²) in [5.74, 6) is -0.197. The summed E-state index contributed by atoms with van der Waals surface area (Å²) in [6, 6.07) is 14.3. The van der Waals surface area contributed by atoms with Crippen molar-refractivity contribution in [1.29, 1.82) is 0 Å². The zero-order valence-corrected chi connectivity index (χ0v) is 17.0. The first-order valence-electron chi connectivity index (χ1n) is 8.07. The molecule has 0 spiro atoms. The van der Waals surface area contributed by atoms with Crippen LogP contribution in [-0.2, 0) is 4.79 Å². The molecule has 0 aliphatic carbocycles. The molecular weight excluding hydrogens is 430 g/mol. The first-order chi connectivity index (χ1) is 12.9. The number of carbonyl (C=O) groups is 2. The summed E-state index contributed by atoms with van der Waals surface area (Å²) in [5, 5.41) is 14.6. The van der Waals surface area contributed by atoms with E-state index in [1.165, 1.54) is 18.7 Å². The summed E-state index contributed by atoms with van der Waals surface area (Å²) in [6.07, 6.45) is 0. The first kappa shape index (κ1) is 19.2. The molecular formula is C18H16BrN5O2S. The highest BCUT2D eigenvalue weighted by Gasteiger charge is 2.19. The summed E-state index contributed by atoms with van der Waals surface area (Å²) in [4.78, 5) is 23.8. The summed E-state index contributed by atoms with van der Waals surface area (Å²) < 4.78 is 2.54. The van der Waals surface area contributed by atoms with E-state index in [4.69, 9.17) is 0 Å². The van der Waals surface area contributed by atoms with Crippen molar-refractivity contribution in [2.75, 3.05) is 5.32 Å². The van der Waals surface area contributed by atoms with E-state index in [0.29, 0.717) is 16.4 Å². The minimum atomic E-state index is -0.419. The standard InChI is InChI=1S/C18H16BrN5O2S/c1-11(25)13-3-7-15(8-4-13)20-17(26)12(2)27-18-21-22-23-24(18)16-9-5-14(19)6-10-16/h3-10,12H,1-2H3,(H,20,26). The Morgan fingerprint density at radius 1 is 1.11 bits per heavy atom. The number of thioether (sulfide) groups is 1. The van der Waals surface area contributed by atoms with Gasteiger partial charge in [0.1, 0.15) is 0 Å². The maximum Gasteiger partial charge on any atom is 0.237 e. The number of rotatable bonds is 6. The van der Waals surface area contributed by atoms with Gasteiger partial charge >= 0.3 is 0 Å². The fourth-order valence-electron chi connectivity index (χ4n) is 2.24. The molecule has 27 heavy (non-hydrogen) atoms. The van der Waals surface area contributed by atoms with Crippen LogP contribution in [0.3, 0.4) is 0 Å². The molecule has 1 atom stereocenters. The third kappa shape index (κ3) is 4.81. The molecule has 1 unspecified atom stereocenters. The van der Waals surface area contributed by atoms with Crippen LogP contribution in [0.4, 0.5) is 5.69 Å². The monoisotopic (exact) mass is 445 g/mol. The van der Waals surface area contributed by atoms with Crippen molar-refractivity contribution in [1.82, 2.24) is 20.2 Å². The van der Waals surface area contributed by atoms with E-state index in [-0.39, 0.29) is 11.7 Å². The van der Waals surface area contributed by atoms with Crippen molar-refractivity contribution in [3.8, 4) is 5.69 Å². The number of amides is 1. The van der Waals surface area contributed by atoms with Crippen molar-refractivity contribution in [3.05, 3.63) is 58.6 Å². The predicted octanol–water partition coefficient (Wildman–Crippen LogP) is 3.75. The Bertz CT molecular complexity index is 957. The quantitative estimate of drug-likeness (QED) is 0.458. The Morgan fingerprint density at radius 3 is 2.41 bits per heavy atom. The molecule has 0 fully saturated rings. The molecule has 1 heterocycles. The number of benzene rings is 2. The molecule has 2 aromatic carbocycles. The van der Waals surface area contributed by atoms with Crippen LogP contribution in [0, 0.1) is 0 Å². The van der Waals surface area contributed by atoms with Gasteiger partial charge in [0.15, 0.2) is 5.78 Å². The van der Waals surface area contributed by atoms with Crippen LogP contribution in [0.1, 0.15) is 24.2 Å². The van der Waals surface area contributed by atoms with Crippen molar-refractivity contribution in [3.63, 3.8) is 0 Å². The Labute approximate surface area is 168 Å². The fraction of sp³-hybridized carbons (Fsp3) is 0.167. The average molecular weight is 446 g/mol.